The van der Waals surface area contributed by atoms with E-state index in [4.69, 9.17) is 11.6 Å². The summed E-state index contributed by atoms with van der Waals surface area (Å²) in [6, 6.07) is 10.4. The maximum atomic E-state index is 12.6. The highest BCUT2D eigenvalue weighted by Crippen LogP contribution is 2.31. The lowest BCUT2D eigenvalue weighted by molar-refractivity contribution is -0.117. The Morgan fingerprint density at radius 2 is 2.03 bits per heavy atom. The number of fused-ring (bicyclic) bond motifs is 1. The second-order valence-electron chi connectivity index (χ2n) is 7.02. The quantitative estimate of drug-likeness (QED) is 0.588. The summed E-state index contributed by atoms with van der Waals surface area (Å²) in [5, 5.41) is 3.68. The van der Waals surface area contributed by atoms with Gasteiger partial charge in [-0.05, 0) is 42.8 Å². The maximum Gasteiger partial charge on any atom is 0.261 e. The SMILES string of the molecule is O=C(CCn1cnc2ccc(Br)cc2c1=O)Nc1ccc(N2CCCC2=O)c(Cl)c1. The van der Waals surface area contributed by atoms with E-state index in [1.165, 1.54) is 10.9 Å². The minimum atomic E-state index is -0.252. The van der Waals surface area contributed by atoms with E-state index in [-0.39, 0.29) is 30.3 Å². The molecule has 3 aromatic rings. The van der Waals surface area contributed by atoms with Gasteiger partial charge in [-0.1, -0.05) is 27.5 Å². The molecule has 1 saturated heterocycles. The molecule has 0 saturated carbocycles. The normalized spacial score (nSPS) is 13.8. The zero-order valence-electron chi connectivity index (χ0n) is 15.9. The topological polar surface area (TPSA) is 84.3 Å². The van der Waals surface area contributed by atoms with E-state index < -0.39 is 0 Å². The predicted molar refractivity (Wildman–Crippen MR) is 120 cm³/mol. The van der Waals surface area contributed by atoms with Gasteiger partial charge in [0.05, 0.1) is 27.9 Å². The molecule has 1 N–H and O–H groups in total. The lowest BCUT2D eigenvalue weighted by atomic mass is 10.2. The third kappa shape index (κ3) is 4.24. The Bertz CT molecular complexity index is 1210. The van der Waals surface area contributed by atoms with E-state index >= 15 is 0 Å². The number of amides is 2. The summed E-state index contributed by atoms with van der Waals surface area (Å²) in [4.78, 5) is 42.8. The first-order valence-corrected chi connectivity index (χ1v) is 10.6. The van der Waals surface area contributed by atoms with Crippen LogP contribution in [0.4, 0.5) is 11.4 Å². The highest BCUT2D eigenvalue weighted by atomic mass is 79.9. The third-order valence-electron chi connectivity index (χ3n) is 4.96. The van der Waals surface area contributed by atoms with Crippen molar-refractivity contribution in [1.29, 1.82) is 0 Å². The highest BCUT2D eigenvalue weighted by molar-refractivity contribution is 9.10. The summed E-state index contributed by atoms with van der Waals surface area (Å²) in [6.45, 7) is 0.851. The standard InChI is InChI=1S/C21H18BrClN4O3/c22-13-3-5-17-15(10-13)21(30)26(12-24-17)9-7-19(28)25-14-4-6-18(16(23)11-14)27-8-1-2-20(27)29/h3-6,10-12H,1-2,7-9H2,(H,25,28). The first-order chi connectivity index (χ1) is 14.4. The van der Waals surface area contributed by atoms with Gasteiger partial charge in [0.15, 0.2) is 0 Å². The minimum Gasteiger partial charge on any atom is -0.326 e. The number of nitrogens with zero attached hydrogens (tertiary/aromatic N) is 3. The fourth-order valence-corrected chi connectivity index (χ4v) is 4.09. The van der Waals surface area contributed by atoms with E-state index in [2.05, 4.69) is 26.2 Å². The molecule has 1 aromatic heterocycles. The number of anilines is 2. The molecule has 0 spiro atoms. The van der Waals surface area contributed by atoms with Crippen molar-refractivity contribution in [1.82, 2.24) is 9.55 Å². The Morgan fingerprint density at radius 1 is 1.20 bits per heavy atom. The number of aromatic nitrogens is 2. The molecule has 1 aliphatic rings. The molecular weight excluding hydrogens is 472 g/mol. The second-order valence-corrected chi connectivity index (χ2v) is 8.34. The Balaban J connectivity index is 1.42. The molecule has 0 atom stereocenters. The van der Waals surface area contributed by atoms with Crippen LogP contribution in [0.25, 0.3) is 10.9 Å². The number of benzene rings is 2. The van der Waals surface area contributed by atoms with Crippen LogP contribution in [0.5, 0.6) is 0 Å². The number of hydrogen-bond acceptors (Lipinski definition) is 4. The number of rotatable bonds is 5. The molecule has 4 rings (SSSR count). The van der Waals surface area contributed by atoms with Crippen LogP contribution in [0.3, 0.4) is 0 Å². The fraction of sp³-hybridized carbons (Fsp3) is 0.238. The van der Waals surface area contributed by atoms with Gasteiger partial charge in [-0.3, -0.25) is 19.0 Å². The average molecular weight is 490 g/mol. The molecule has 1 fully saturated rings. The first-order valence-electron chi connectivity index (χ1n) is 9.47. The van der Waals surface area contributed by atoms with Crippen LogP contribution in [0.15, 0.2) is 52.0 Å². The van der Waals surface area contributed by atoms with Crippen LogP contribution in [0.1, 0.15) is 19.3 Å². The minimum absolute atomic E-state index is 0.0511. The first kappa shape index (κ1) is 20.6. The lowest BCUT2D eigenvalue weighted by Gasteiger charge is -2.18. The molecular formula is C21H18BrClN4O3. The van der Waals surface area contributed by atoms with Crippen molar-refractivity contribution in [2.45, 2.75) is 25.8 Å². The van der Waals surface area contributed by atoms with Crippen LogP contribution in [0.2, 0.25) is 5.02 Å². The molecule has 9 heteroatoms. The third-order valence-corrected chi connectivity index (χ3v) is 5.76. The Hall–Kier alpha value is -2.71. The summed E-state index contributed by atoms with van der Waals surface area (Å²) in [7, 11) is 0. The fourth-order valence-electron chi connectivity index (χ4n) is 3.44. The average Bonchev–Trinajstić information content (AvgIpc) is 3.14. The molecule has 2 amide bonds. The van der Waals surface area contributed by atoms with E-state index in [1.807, 2.05) is 6.07 Å². The summed E-state index contributed by atoms with van der Waals surface area (Å²) in [6.07, 6.45) is 2.89. The zero-order chi connectivity index (χ0) is 21.3. The number of hydrogen-bond donors (Lipinski definition) is 1. The van der Waals surface area contributed by atoms with Gasteiger partial charge in [-0.15, -0.1) is 0 Å². The van der Waals surface area contributed by atoms with Crippen LogP contribution in [-0.4, -0.2) is 27.9 Å². The molecule has 0 radical (unpaired) electrons. The van der Waals surface area contributed by atoms with Gasteiger partial charge in [0.25, 0.3) is 5.56 Å². The second kappa shape index (κ2) is 8.57. The van der Waals surface area contributed by atoms with Crippen molar-refractivity contribution < 1.29 is 9.59 Å². The maximum absolute atomic E-state index is 12.6. The van der Waals surface area contributed by atoms with Crippen LogP contribution >= 0.6 is 27.5 Å². The molecule has 0 unspecified atom stereocenters. The Labute approximate surface area is 185 Å². The summed E-state index contributed by atoms with van der Waals surface area (Å²) >= 11 is 9.67. The summed E-state index contributed by atoms with van der Waals surface area (Å²) in [5.74, 6) is -0.201. The highest BCUT2D eigenvalue weighted by Gasteiger charge is 2.23. The number of nitrogens with one attached hydrogen (secondary N) is 1. The molecule has 154 valence electrons. The summed E-state index contributed by atoms with van der Waals surface area (Å²) in [5.41, 5.74) is 1.59. The Kier molecular flexibility index (Phi) is 5.87. The molecule has 2 heterocycles. The molecule has 1 aliphatic heterocycles. The van der Waals surface area contributed by atoms with E-state index in [9.17, 15) is 14.4 Å². The van der Waals surface area contributed by atoms with Gasteiger partial charge in [-0.25, -0.2) is 4.98 Å². The molecule has 0 aliphatic carbocycles. The molecule has 30 heavy (non-hydrogen) atoms. The molecule has 2 aromatic carbocycles. The number of carbonyl (C=O) groups is 2. The lowest BCUT2D eigenvalue weighted by Crippen LogP contribution is -2.24. The number of aryl methyl sites for hydroxylation is 1. The van der Waals surface area contributed by atoms with Gasteiger partial charge in [0.2, 0.25) is 11.8 Å². The van der Waals surface area contributed by atoms with Crippen LogP contribution in [-0.2, 0) is 16.1 Å². The van der Waals surface area contributed by atoms with Gasteiger partial charge in [-0.2, -0.15) is 0 Å². The van der Waals surface area contributed by atoms with Gasteiger partial charge in [0.1, 0.15) is 0 Å². The van der Waals surface area contributed by atoms with E-state index in [1.54, 1.807) is 35.2 Å². The molecule has 0 bridgehead atoms. The predicted octanol–water partition coefficient (Wildman–Crippen LogP) is 3.97. The van der Waals surface area contributed by atoms with Crippen molar-refractivity contribution in [3.8, 4) is 0 Å². The molecule has 7 nitrogen and oxygen atoms in total. The van der Waals surface area contributed by atoms with Gasteiger partial charge >= 0.3 is 0 Å². The number of carbonyl (C=O) groups excluding carboxylic acids is 2. The van der Waals surface area contributed by atoms with Crippen LogP contribution < -0.4 is 15.8 Å². The van der Waals surface area contributed by atoms with E-state index in [0.717, 1.165) is 10.9 Å². The summed E-state index contributed by atoms with van der Waals surface area (Å²) < 4.78 is 2.21. The van der Waals surface area contributed by atoms with Crippen molar-refractivity contribution in [3.05, 3.63) is 62.6 Å². The van der Waals surface area contributed by atoms with Crippen molar-refractivity contribution in [3.63, 3.8) is 0 Å². The van der Waals surface area contributed by atoms with Crippen molar-refractivity contribution in [2.75, 3.05) is 16.8 Å². The zero-order valence-corrected chi connectivity index (χ0v) is 18.2. The van der Waals surface area contributed by atoms with Crippen LogP contribution in [0, 0.1) is 0 Å². The largest absolute Gasteiger partial charge is 0.326 e. The van der Waals surface area contributed by atoms with Crippen molar-refractivity contribution in [2.24, 2.45) is 0 Å². The Morgan fingerprint density at radius 3 is 2.77 bits per heavy atom. The van der Waals surface area contributed by atoms with Gasteiger partial charge in [0, 0.05) is 36.1 Å². The van der Waals surface area contributed by atoms with Crippen molar-refractivity contribution >= 4 is 61.6 Å². The monoisotopic (exact) mass is 488 g/mol. The van der Waals surface area contributed by atoms with Gasteiger partial charge < -0.3 is 10.2 Å². The van der Waals surface area contributed by atoms with E-state index in [0.29, 0.717) is 40.3 Å². The smallest absolute Gasteiger partial charge is 0.261 e. The number of halogens is 2.